The number of amides is 1. The molecular weight excluding hydrogens is 487 g/mol. The molecule has 1 aromatic carbocycles. The number of guanidine groups is 1. The number of halogens is 1. The SMILES string of the molecule is CCNC(=NCC(O)c1cc(OC)ccc1OC)NC1CCN(C(=O)CC)C1.I. The number of ether oxygens (including phenoxy) is 2. The van der Waals surface area contributed by atoms with Crippen molar-refractivity contribution in [3.8, 4) is 11.5 Å². The molecule has 0 aromatic heterocycles. The molecule has 2 atom stereocenters. The minimum Gasteiger partial charge on any atom is -0.497 e. The summed E-state index contributed by atoms with van der Waals surface area (Å²) in [5, 5.41) is 17.2. The van der Waals surface area contributed by atoms with Crippen molar-refractivity contribution >= 4 is 35.8 Å². The average Bonchev–Trinajstić information content (AvgIpc) is 3.19. The Kier molecular flexibility index (Phi) is 11.1. The normalized spacial score (nSPS) is 17.3. The van der Waals surface area contributed by atoms with Crippen LogP contribution in [0.5, 0.6) is 11.5 Å². The maximum absolute atomic E-state index is 11.9. The molecule has 2 unspecified atom stereocenters. The van der Waals surface area contributed by atoms with E-state index in [1.165, 1.54) is 0 Å². The van der Waals surface area contributed by atoms with Gasteiger partial charge in [-0.25, -0.2) is 0 Å². The number of carbonyl (C=O) groups is 1. The van der Waals surface area contributed by atoms with Gasteiger partial charge in [0, 0.05) is 37.7 Å². The van der Waals surface area contributed by atoms with Crippen molar-refractivity contribution < 1.29 is 19.4 Å². The number of aliphatic hydroxyl groups is 1. The molecular formula is C20H33IN4O4. The Bertz CT molecular complexity index is 686. The molecule has 0 aliphatic carbocycles. The van der Waals surface area contributed by atoms with Gasteiger partial charge in [0.15, 0.2) is 5.96 Å². The second-order valence-corrected chi connectivity index (χ2v) is 6.67. The Morgan fingerprint density at radius 3 is 2.72 bits per heavy atom. The highest BCUT2D eigenvalue weighted by molar-refractivity contribution is 14.0. The van der Waals surface area contributed by atoms with Gasteiger partial charge in [-0.2, -0.15) is 0 Å². The second kappa shape index (κ2) is 12.7. The molecule has 164 valence electrons. The van der Waals surface area contributed by atoms with Gasteiger partial charge in [-0.3, -0.25) is 9.79 Å². The van der Waals surface area contributed by atoms with Gasteiger partial charge in [0.2, 0.25) is 5.91 Å². The summed E-state index contributed by atoms with van der Waals surface area (Å²) in [5.41, 5.74) is 0.627. The molecule has 0 saturated carbocycles. The first-order valence-corrected chi connectivity index (χ1v) is 9.74. The minimum absolute atomic E-state index is 0. The largest absolute Gasteiger partial charge is 0.497 e. The van der Waals surface area contributed by atoms with Crippen molar-refractivity contribution in [2.24, 2.45) is 4.99 Å². The van der Waals surface area contributed by atoms with E-state index in [9.17, 15) is 9.90 Å². The van der Waals surface area contributed by atoms with Crippen LogP contribution in [0.2, 0.25) is 0 Å². The lowest BCUT2D eigenvalue weighted by Gasteiger charge is -2.19. The molecule has 1 aliphatic rings. The first kappa shape index (κ1) is 25.3. The molecule has 0 radical (unpaired) electrons. The zero-order chi connectivity index (χ0) is 20.5. The molecule has 3 N–H and O–H groups in total. The third kappa shape index (κ3) is 7.22. The van der Waals surface area contributed by atoms with E-state index in [4.69, 9.17) is 9.47 Å². The summed E-state index contributed by atoms with van der Waals surface area (Å²) in [7, 11) is 3.15. The predicted octanol–water partition coefficient (Wildman–Crippen LogP) is 1.92. The van der Waals surface area contributed by atoms with Crippen LogP contribution in [0.1, 0.15) is 38.4 Å². The molecule has 1 amide bonds. The number of nitrogens with zero attached hydrogens (tertiary/aromatic N) is 2. The van der Waals surface area contributed by atoms with Crippen molar-refractivity contribution in [1.29, 1.82) is 0 Å². The van der Waals surface area contributed by atoms with Gasteiger partial charge in [0.05, 0.1) is 20.8 Å². The topological polar surface area (TPSA) is 95.4 Å². The van der Waals surface area contributed by atoms with Crippen LogP contribution in [-0.4, -0.2) is 68.3 Å². The van der Waals surface area contributed by atoms with Crippen molar-refractivity contribution in [3.63, 3.8) is 0 Å². The molecule has 29 heavy (non-hydrogen) atoms. The summed E-state index contributed by atoms with van der Waals surface area (Å²) in [6, 6.07) is 5.46. The van der Waals surface area contributed by atoms with E-state index in [0.717, 1.165) is 13.0 Å². The lowest BCUT2D eigenvalue weighted by atomic mass is 10.1. The molecule has 0 spiro atoms. The maximum atomic E-state index is 11.9. The molecule has 0 bridgehead atoms. The zero-order valence-corrected chi connectivity index (χ0v) is 19.9. The number of rotatable bonds is 8. The van der Waals surface area contributed by atoms with Gasteiger partial charge in [0.1, 0.15) is 17.6 Å². The standard InChI is InChI=1S/C20H32N4O4.HI/c1-5-19(26)24-10-9-14(13-24)23-20(21-6-2)22-12-17(25)16-11-15(27-3)7-8-18(16)28-4;/h7-8,11,14,17,25H,5-6,9-10,12-13H2,1-4H3,(H2,21,22,23);1H. The first-order chi connectivity index (χ1) is 13.5. The maximum Gasteiger partial charge on any atom is 0.222 e. The zero-order valence-electron chi connectivity index (χ0n) is 17.6. The lowest BCUT2D eigenvalue weighted by Crippen LogP contribution is -2.45. The fourth-order valence-corrected chi connectivity index (χ4v) is 3.22. The molecule has 1 aliphatic heterocycles. The number of hydrogen-bond donors (Lipinski definition) is 3. The average molecular weight is 520 g/mol. The van der Waals surface area contributed by atoms with Crippen LogP contribution in [0.3, 0.4) is 0 Å². The fourth-order valence-electron chi connectivity index (χ4n) is 3.22. The van der Waals surface area contributed by atoms with Gasteiger partial charge in [-0.1, -0.05) is 6.92 Å². The molecule has 2 rings (SSSR count). The van der Waals surface area contributed by atoms with Crippen LogP contribution in [0, 0.1) is 0 Å². The highest BCUT2D eigenvalue weighted by Gasteiger charge is 2.26. The van der Waals surface area contributed by atoms with Gasteiger partial charge in [0.25, 0.3) is 0 Å². The van der Waals surface area contributed by atoms with Gasteiger partial charge < -0.3 is 30.1 Å². The third-order valence-corrected chi connectivity index (χ3v) is 4.75. The van der Waals surface area contributed by atoms with Gasteiger partial charge in [-0.15, -0.1) is 24.0 Å². The van der Waals surface area contributed by atoms with Crippen molar-refractivity contribution in [1.82, 2.24) is 15.5 Å². The van der Waals surface area contributed by atoms with Crippen LogP contribution in [0.25, 0.3) is 0 Å². The number of hydrogen-bond acceptors (Lipinski definition) is 5. The van der Waals surface area contributed by atoms with Crippen LogP contribution in [0.4, 0.5) is 0 Å². The Morgan fingerprint density at radius 2 is 2.10 bits per heavy atom. The number of likely N-dealkylation sites (tertiary alicyclic amines) is 1. The second-order valence-electron chi connectivity index (χ2n) is 6.67. The van der Waals surface area contributed by atoms with Gasteiger partial charge >= 0.3 is 0 Å². The highest BCUT2D eigenvalue weighted by Crippen LogP contribution is 2.29. The predicted molar refractivity (Wildman–Crippen MR) is 124 cm³/mol. The summed E-state index contributed by atoms with van der Waals surface area (Å²) >= 11 is 0. The number of nitrogens with one attached hydrogen (secondary N) is 2. The summed E-state index contributed by atoms with van der Waals surface area (Å²) in [6.45, 7) is 6.16. The smallest absolute Gasteiger partial charge is 0.222 e. The summed E-state index contributed by atoms with van der Waals surface area (Å²) in [5.74, 6) is 2.03. The first-order valence-electron chi connectivity index (χ1n) is 9.74. The van der Waals surface area contributed by atoms with Crippen molar-refractivity contribution in [2.45, 2.75) is 38.8 Å². The number of methoxy groups -OCH3 is 2. The van der Waals surface area contributed by atoms with Crippen LogP contribution < -0.4 is 20.1 Å². The monoisotopic (exact) mass is 520 g/mol. The van der Waals surface area contributed by atoms with E-state index in [-0.39, 0.29) is 42.5 Å². The molecule has 8 nitrogen and oxygen atoms in total. The Morgan fingerprint density at radius 1 is 1.34 bits per heavy atom. The van der Waals surface area contributed by atoms with E-state index >= 15 is 0 Å². The van der Waals surface area contributed by atoms with Gasteiger partial charge in [-0.05, 0) is 31.5 Å². The van der Waals surface area contributed by atoms with E-state index < -0.39 is 6.10 Å². The van der Waals surface area contributed by atoms with E-state index in [0.29, 0.717) is 42.5 Å². The number of aliphatic hydroxyl groups excluding tert-OH is 1. The summed E-state index contributed by atoms with van der Waals surface area (Å²) in [4.78, 5) is 18.2. The third-order valence-electron chi connectivity index (χ3n) is 4.75. The quantitative estimate of drug-likeness (QED) is 0.276. The lowest BCUT2D eigenvalue weighted by molar-refractivity contribution is -0.129. The molecule has 1 saturated heterocycles. The number of carbonyl (C=O) groups excluding carboxylic acids is 1. The molecule has 9 heteroatoms. The Labute approximate surface area is 190 Å². The summed E-state index contributed by atoms with van der Waals surface area (Å²) in [6.07, 6.45) is 0.569. The fraction of sp³-hybridized carbons (Fsp3) is 0.600. The van der Waals surface area contributed by atoms with Crippen LogP contribution >= 0.6 is 24.0 Å². The number of aliphatic imine (C=N–C) groups is 1. The van der Waals surface area contributed by atoms with Crippen molar-refractivity contribution in [3.05, 3.63) is 23.8 Å². The molecule has 1 aromatic rings. The molecule has 1 heterocycles. The minimum atomic E-state index is -0.831. The van der Waals surface area contributed by atoms with Crippen molar-refractivity contribution in [2.75, 3.05) is 40.4 Å². The Balaban J connectivity index is 0.00000420. The van der Waals surface area contributed by atoms with Crippen LogP contribution in [0.15, 0.2) is 23.2 Å². The van der Waals surface area contributed by atoms with E-state index in [2.05, 4.69) is 15.6 Å². The van der Waals surface area contributed by atoms with E-state index in [1.54, 1.807) is 32.4 Å². The molecule has 1 fully saturated rings. The highest BCUT2D eigenvalue weighted by atomic mass is 127. The number of benzene rings is 1. The Hall–Kier alpha value is -1.75. The summed E-state index contributed by atoms with van der Waals surface area (Å²) < 4.78 is 10.6. The van der Waals surface area contributed by atoms with Crippen LogP contribution in [-0.2, 0) is 4.79 Å². The van der Waals surface area contributed by atoms with E-state index in [1.807, 2.05) is 18.7 Å².